The molecule has 4 rings (SSSR count). The van der Waals surface area contributed by atoms with Crippen LogP contribution in [-0.4, -0.2) is 26.8 Å². The molecule has 1 atom stereocenters. The van der Waals surface area contributed by atoms with Gasteiger partial charge in [0.15, 0.2) is 11.5 Å². The highest BCUT2D eigenvalue weighted by molar-refractivity contribution is 5.97. The zero-order chi connectivity index (χ0) is 21.3. The Morgan fingerprint density at radius 3 is 2.53 bits per heavy atom. The molecule has 0 radical (unpaired) electrons. The summed E-state index contributed by atoms with van der Waals surface area (Å²) in [5, 5.41) is 2.01. The Kier molecular flexibility index (Phi) is 5.23. The van der Waals surface area contributed by atoms with E-state index < -0.39 is 11.9 Å². The second kappa shape index (κ2) is 7.99. The van der Waals surface area contributed by atoms with Crippen molar-refractivity contribution < 1.29 is 23.7 Å². The summed E-state index contributed by atoms with van der Waals surface area (Å²) in [4.78, 5) is 12.9. The lowest BCUT2D eigenvalue weighted by Gasteiger charge is -2.30. The van der Waals surface area contributed by atoms with Gasteiger partial charge in [0.05, 0.1) is 26.7 Å². The van der Waals surface area contributed by atoms with E-state index in [-0.39, 0.29) is 18.1 Å². The van der Waals surface area contributed by atoms with Crippen LogP contribution in [0.15, 0.2) is 66.1 Å². The Hall–Kier alpha value is -3.67. The van der Waals surface area contributed by atoms with Gasteiger partial charge < -0.3 is 24.7 Å². The van der Waals surface area contributed by atoms with Gasteiger partial charge in [-0.15, -0.1) is 0 Å². The van der Waals surface area contributed by atoms with E-state index in [0.717, 1.165) is 21.9 Å². The summed E-state index contributed by atoms with van der Waals surface area (Å²) in [6.07, 6.45) is 0. The van der Waals surface area contributed by atoms with Crippen molar-refractivity contribution >= 4 is 16.7 Å². The highest BCUT2D eigenvalue weighted by Gasteiger charge is 2.37. The second-order valence-corrected chi connectivity index (χ2v) is 6.85. The minimum absolute atomic E-state index is 0.0380. The third-order valence-corrected chi connectivity index (χ3v) is 5.23. The average molecular weight is 405 g/mol. The molecule has 1 heterocycles. The molecule has 154 valence electrons. The van der Waals surface area contributed by atoms with Crippen LogP contribution in [0.5, 0.6) is 17.2 Å². The first-order valence-corrected chi connectivity index (χ1v) is 9.67. The van der Waals surface area contributed by atoms with Gasteiger partial charge in [-0.05, 0) is 41.5 Å². The van der Waals surface area contributed by atoms with E-state index >= 15 is 0 Å². The third-order valence-electron chi connectivity index (χ3n) is 5.23. The molecule has 0 saturated heterocycles. The molecule has 1 unspecified atom stereocenters. The van der Waals surface area contributed by atoms with Crippen LogP contribution in [-0.2, 0) is 9.53 Å². The summed E-state index contributed by atoms with van der Waals surface area (Å²) in [6, 6.07) is 17.4. The minimum atomic E-state index is -0.506. The van der Waals surface area contributed by atoms with Gasteiger partial charge in [-0.25, -0.2) is 4.79 Å². The van der Waals surface area contributed by atoms with Gasteiger partial charge in [0.1, 0.15) is 11.3 Å². The normalized spacial score (nSPS) is 15.4. The standard InChI is InChI=1S/C24H23NO5/c1-4-29-24(26)22-20(15-10-11-17(27-2)19(13-15)28-3)21-16-8-6-5-7-14(16)9-12-18(21)30-23(22)25/h5-13,20H,4,25H2,1-3H3. The molecule has 0 bridgehead atoms. The number of hydrogen-bond acceptors (Lipinski definition) is 6. The third kappa shape index (κ3) is 3.20. The van der Waals surface area contributed by atoms with E-state index in [0.29, 0.717) is 17.2 Å². The van der Waals surface area contributed by atoms with Crippen molar-refractivity contribution in [3.05, 3.63) is 77.2 Å². The van der Waals surface area contributed by atoms with Crippen molar-refractivity contribution in [3.8, 4) is 17.2 Å². The topological polar surface area (TPSA) is 80.0 Å². The molecule has 0 saturated carbocycles. The van der Waals surface area contributed by atoms with Crippen LogP contribution in [0.3, 0.4) is 0 Å². The molecule has 1 aliphatic rings. The summed E-state index contributed by atoms with van der Waals surface area (Å²) >= 11 is 0. The van der Waals surface area contributed by atoms with Gasteiger partial charge in [-0.3, -0.25) is 0 Å². The number of esters is 1. The van der Waals surface area contributed by atoms with Crippen molar-refractivity contribution in [3.63, 3.8) is 0 Å². The van der Waals surface area contributed by atoms with Crippen molar-refractivity contribution in [2.45, 2.75) is 12.8 Å². The van der Waals surface area contributed by atoms with Crippen LogP contribution in [0.4, 0.5) is 0 Å². The van der Waals surface area contributed by atoms with Gasteiger partial charge in [0, 0.05) is 5.56 Å². The van der Waals surface area contributed by atoms with Crippen LogP contribution < -0.4 is 19.9 Å². The molecule has 3 aromatic rings. The number of carbonyl (C=O) groups excluding carboxylic acids is 1. The average Bonchev–Trinajstić information content (AvgIpc) is 2.77. The molecule has 3 aromatic carbocycles. The maximum atomic E-state index is 12.9. The van der Waals surface area contributed by atoms with Gasteiger partial charge in [0.25, 0.3) is 0 Å². The fourth-order valence-electron chi connectivity index (χ4n) is 3.92. The summed E-state index contributed by atoms with van der Waals surface area (Å²) in [7, 11) is 3.15. The number of nitrogens with two attached hydrogens (primary N) is 1. The zero-order valence-corrected chi connectivity index (χ0v) is 17.1. The molecule has 6 heteroatoms. The Bertz CT molecular complexity index is 1150. The number of carbonyl (C=O) groups is 1. The first-order valence-electron chi connectivity index (χ1n) is 9.67. The molecule has 0 spiro atoms. The van der Waals surface area contributed by atoms with Crippen LogP contribution in [0.2, 0.25) is 0 Å². The van der Waals surface area contributed by atoms with Crippen LogP contribution >= 0.6 is 0 Å². The Balaban J connectivity index is 2.01. The monoisotopic (exact) mass is 405 g/mol. The Labute approximate surface area is 174 Å². The molecule has 1 aliphatic heterocycles. The predicted octanol–water partition coefficient (Wildman–Crippen LogP) is 4.11. The van der Waals surface area contributed by atoms with Crippen LogP contribution in [0, 0.1) is 0 Å². The second-order valence-electron chi connectivity index (χ2n) is 6.85. The molecule has 0 amide bonds. The maximum Gasteiger partial charge on any atom is 0.340 e. The highest BCUT2D eigenvalue weighted by atomic mass is 16.5. The number of benzene rings is 3. The largest absolute Gasteiger partial charge is 0.493 e. The first-order chi connectivity index (χ1) is 14.6. The molecular weight excluding hydrogens is 382 g/mol. The van der Waals surface area contributed by atoms with Crippen molar-refractivity contribution in [2.75, 3.05) is 20.8 Å². The number of ether oxygens (including phenoxy) is 4. The molecule has 0 aliphatic carbocycles. The van der Waals surface area contributed by atoms with Crippen molar-refractivity contribution in [2.24, 2.45) is 5.73 Å². The van der Waals surface area contributed by atoms with Crippen molar-refractivity contribution in [1.29, 1.82) is 0 Å². The number of hydrogen-bond donors (Lipinski definition) is 1. The van der Waals surface area contributed by atoms with E-state index in [1.807, 2.05) is 54.6 Å². The summed E-state index contributed by atoms with van der Waals surface area (Å²) in [6.45, 7) is 1.99. The lowest BCUT2D eigenvalue weighted by atomic mass is 9.80. The van der Waals surface area contributed by atoms with E-state index in [1.165, 1.54) is 0 Å². The van der Waals surface area contributed by atoms with E-state index in [9.17, 15) is 4.79 Å². The summed E-state index contributed by atoms with van der Waals surface area (Å²) in [5.74, 6) is 0.813. The first kappa shape index (κ1) is 19.6. The number of fused-ring (bicyclic) bond motifs is 3. The summed E-state index contributed by atoms with van der Waals surface area (Å²) in [5.41, 5.74) is 8.17. The zero-order valence-electron chi connectivity index (χ0n) is 17.1. The minimum Gasteiger partial charge on any atom is -0.493 e. The fraction of sp³-hybridized carbons (Fsp3) is 0.208. The molecule has 0 fully saturated rings. The van der Waals surface area contributed by atoms with Crippen LogP contribution in [0.1, 0.15) is 24.0 Å². The van der Waals surface area contributed by atoms with E-state index in [4.69, 9.17) is 24.7 Å². The smallest absolute Gasteiger partial charge is 0.340 e. The molecule has 30 heavy (non-hydrogen) atoms. The van der Waals surface area contributed by atoms with E-state index in [2.05, 4.69) is 0 Å². The lowest BCUT2D eigenvalue weighted by Crippen LogP contribution is -2.27. The summed E-state index contributed by atoms with van der Waals surface area (Å²) < 4.78 is 22.1. The predicted molar refractivity (Wildman–Crippen MR) is 114 cm³/mol. The number of methoxy groups -OCH3 is 2. The quantitative estimate of drug-likeness (QED) is 0.644. The molecule has 0 aromatic heterocycles. The highest BCUT2D eigenvalue weighted by Crippen LogP contribution is 2.47. The molecular formula is C24H23NO5. The van der Waals surface area contributed by atoms with E-state index in [1.54, 1.807) is 21.1 Å². The van der Waals surface area contributed by atoms with Crippen molar-refractivity contribution in [1.82, 2.24) is 0 Å². The molecule has 6 nitrogen and oxygen atoms in total. The fourth-order valence-corrected chi connectivity index (χ4v) is 3.92. The lowest BCUT2D eigenvalue weighted by molar-refractivity contribution is -0.139. The van der Waals surface area contributed by atoms with Gasteiger partial charge in [-0.2, -0.15) is 0 Å². The Morgan fingerprint density at radius 2 is 1.80 bits per heavy atom. The van der Waals surface area contributed by atoms with Gasteiger partial charge in [-0.1, -0.05) is 36.4 Å². The van der Waals surface area contributed by atoms with Crippen LogP contribution in [0.25, 0.3) is 10.8 Å². The maximum absolute atomic E-state index is 12.9. The Morgan fingerprint density at radius 1 is 1.03 bits per heavy atom. The molecule has 2 N–H and O–H groups in total. The van der Waals surface area contributed by atoms with Gasteiger partial charge in [0.2, 0.25) is 5.88 Å². The number of rotatable bonds is 5. The van der Waals surface area contributed by atoms with Gasteiger partial charge >= 0.3 is 5.97 Å². The SMILES string of the molecule is CCOC(=O)C1=C(N)Oc2ccc3ccccc3c2C1c1ccc(OC)c(OC)c1.